The third kappa shape index (κ3) is 3.75. The Hall–Kier alpha value is -3.88. The van der Waals surface area contributed by atoms with E-state index in [0.717, 1.165) is 10.3 Å². The molecule has 0 bridgehead atoms. The van der Waals surface area contributed by atoms with Crippen LogP contribution in [0.25, 0.3) is 11.0 Å². The molecule has 0 amide bonds. The lowest BCUT2D eigenvalue weighted by Crippen LogP contribution is -2.36. The van der Waals surface area contributed by atoms with Crippen molar-refractivity contribution >= 4 is 17.0 Å². The number of benzene rings is 1. The van der Waals surface area contributed by atoms with E-state index >= 15 is 0 Å². The molecule has 0 fully saturated rings. The number of nitrogens with one attached hydrogen (secondary N) is 2. The summed E-state index contributed by atoms with van der Waals surface area (Å²) < 4.78 is 14.8. The van der Waals surface area contributed by atoms with Gasteiger partial charge in [-0.25, -0.2) is 14.2 Å². The van der Waals surface area contributed by atoms with Gasteiger partial charge in [-0.15, -0.1) is 0 Å². The average molecular weight is 392 g/mol. The molecule has 29 heavy (non-hydrogen) atoms. The summed E-state index contributed by atoms with van der Waals surface area (Å²) in [5.41, 5.74) is -0.118. The number of rotatable bonds is 5. The van der Waals surface area contributed by atoms with E-state index in [0.29, 0.717) is 0 Å². The lowest BCUT2D eigenvalue weighted by molar-refractivity contribution is 0.590. The van der Waals surface area contributed by atoms with Crippen LogP contribution in [0.5, 0.6) is 0 Å². The second kappa shape index (κ2) is 7.63. The SMILES string of the molecule is C[C@@H](Nc1ncc2c(=O)n(Cc3ccccc3F)c(=O)[nH]c2n1)c1ccccn1. The van der Waals surface area contributed by atoms with E-state index in [1.54, 1.807) is 18.3 Å². The zero-order valence-corrected chi connectivity index (χ0v) is 15.5. The Morgan fingerprint density at radius 3 is 2.69 bits per heavy atom. The summed E-state index contributed by atoms with van der Waals surface area (Å²) in [5, 5.41) is 3.22. The highest BCUT2D eigenvalue weighted by Gasteiger charge is 2.14. The molecule has 4 rings (SSSR count). The van der Waals surface area contributed by atoms with Crippen LogP contribution < -0.4 is 16.6 Å². The molecular weight excluding hydrogens is 375 g/mol. The van der Waals surface area contributed by atoms with Crippen molar-refractivity contribution in [2.45, 2.75) is 19.5 Å². The first-order chi connectivity index (χ1) is 14.0. The van der Waals surface area contributed by atoms with Gasteiger partial charge in [-0.05, 0) is 25.1 Å². The topological polar surface area (TPSA) is 106 Å². The molecule has 2 N–H and O–H groups in total. The highest BCUT2D eigenvalue weighted by Crippen LogP contribution is 2.15. The van der Waals surface area contributed by atoms with E-state index in [4.69, 9.17) is 0 Å². The van der Waals surface area contributed by atoms with Crippen molar-refractivity contribution in [3.05, 3.63) is 92.8 Å². The first kappa shape index (κ1) is 18.5. The largest absolute Gasteiger partial charge is 0.346 e. The van der Waals surface area contributed by atoms with Gasteiger partial charge >= 0.3 is 5.69 Å². The van der Waals surface area contributed by atoms with Gasteiger partial charge in [-0.1, -0.05) is 24.3 Å². The number of hydrogen-bond donors (Lipinski definition) is 2. The van der Waals surface area contributed by atoms with Gasteiger partial charge in [0.2, 0.25) is 5.95 Å². The number of halogens is 1. The van der Waals surface area contributed by atoms with Crippen LogP contribution in [0.1, 0.15) is 24.2 Å². The molecular formula is C20H17FN6O2. The number of aromatic nitrogens is 5. The normalized spacial score (nSPS) is 12.1. The number of pyridine rings is 1. The second-order valence-corrected chi connectivity index (χ2v) is 6.49. The summed E-state index contributed by atoms with van der Waals surface area (Å²) in [6, 6.07) is 11.4. The molecule has 0 saturated carbocycles. The number of hydrogen-bond acceptors (Lipinski definition) is 6. The number of aromatic amines is 1. The zero-order valence-electron chi connectivity index (χ0n) is 15.5. The fraction of sp³-hybridized carbons (Fsp3) is 0.150. The number of H-pyrrole nitrogens is 1. The molecule has 9 heteroatoms. The molecule has 3 aromatic heterocycles. The molecule has 0 unspecified atom stereocenters. The quantitative estimate of drug-likeness (QED) is 0.540. The molecule has 0 aliphatic heterocycles. The summed E-state index contributed by atoms with van der Waals surface area (Å²) in [5.74, 6) is -0.240. The number of nitrogens with zero attached hydrogens (tertiary/aromatic N) is 4. The third-order valence-electron chi connectivity index (χ3n) is 4.50. The Morgan fingerprint density at radius 1 is 1.14 bits per heavy atom. The highest BCUT2D eigenvalue weighted by atomic mass is 19.1. The van der Waals surface area contributed by atoms with Crippen LogP contribution in [0.15, 0.2) is 64.4 Å². The van der Waals surface area contributed by atoms with Crippen molar-refractivity contribution in [3.63, 3.8) is 0 Å². The molecule has 8 nitrogen and oxygen atoms in total. The average Bonchev–Trinajstić information content (AvgIpc) is 2.73. The van der Waals surface area contributed by atoms with Crippen molar-refractivity contribution in [2.75, 3.05) is 5.32 Å². The fourth-order valence-corrected chi connectivity index (χ4v) is 2.95. The van der Waals surface area contributed by atoms with Gasteiger partial charge in [0.15, 0.2) is 5.65 Å². The van der Waals surface area contributed by atoms with Crippen LogP contribution in [0, 0.1) is 5.82 Å². The Labute approximate surface area is 164 Å². The highest BCUT2D eigenvalue weighted by molar-refractivity contribution is 5.73. The van der Waals surface area contributed by atoms with E-state index in [-0.39, 0.29) is 35.1 Å². The summed E-state index contributed by atoms with van der Waals surface area (Å²) in [7, 11) is 0. The van der Waals surface area contributed by atoms with Gasteiger partial charge in [0.1, 0.15) is 11.2 Å². The number of anilines is 1. The Balaban J connectivity index is 1.68. The molecule has 1 atom stereocenters. The van der Waals surface area contributed by atoms with Crippen molar-refractivity contribution in [1.29, 1.82) is 0 Å². The summed E-state index contributed by atoms with van der Waals surface area (Å²) in [4.78, 5) is 40.4. The standard InChI is InChI=1S/C20H17FN6O2/c1-12(16-8-4-5-9-22-16)24-19-23-10-14-17(25-19)26-20(29)27(18(14)28)11-13-6-2-3-7-15(13)21/h2-10,12H,11H2,1H3,(H2,23,24,25,26,29)/t12-/m1/s1. The van der Waals surface area contributed by atoms with Crippen LogP contribution >= 0.6 is 0 Å². The molecule has 1 aromatic carbocycles. The maximum Gasteiger partial charge on any atom is 0.330 e. The van der Waals surface area contributed by atoms with Crippen molar-refractivity contribution in [2.24, 2.45) is 0 Å². The summed E-state index contributed by atoms with van der Waals surface area (Å²) in [6.45, 7) is 1.71. The third-order valence-corrected chi connectivity index (χ3v) is 4.50. The minimum absolute atomic E-state index is 0.107. The lowest BCUT2D eigenvalue weighted by Gasteiger charge is -2.13. The number of fused-ring (bicyclic) bond motifs is 1. The predicted octanol–water partition coefficient (Wildman–Crippen LogP) is 2.24. The predicted molar refractivity (Wildman–Crippen MR) is 106 cm³/mol. The van der Waals surface area contributed by atoms with Crippen LogP contribution in [0.2, 0.25) is 0 Å². The lowest BCUT2D eigenvalue weighted by atomic mass is 10.2. The van der Waals surface area contributed by atoms with Crippen molar-refractivity contribution in [3.8, 4) is 0 Å². The Kier molecular flexibility index (Phi) is 4.86. The van der Waals surface area contributed by atoms with E-state index in [2.05, 4.69) is 25.3 Å². The minimum Gasteiger partial charge on any atom is -0.346 e. The van der Waals surface area contributed by atoms with Gasteiger partial charge in [0, 0.05) is 18.0 Å². The molecule has 146 valence electrons. The van der Waals surface area contributed by atoms with Crippen LogP contribution in [0.3, 0.4) is 0 Å². The maximum absolute atomic E-state index is 13.9. The van der Waals surface area contributed by atoms with Crippen LogP contribution in [-0.4, -0.2) is 24.5 Å². The minimum atomic E-state index is -0.673. The van der Waals surface area contributed by atoms with Gasteiger partial charge in [-0.3, -0.25) is 19.3 Å². The van der Waals surface area contributed by atoms with Crippen molar-refractivity contribution < 1.29 is 4.39 Å². The molecule has 0 aliphatic carbocycles. The molecule has 0 radical (unpaired) electrons. The van der Waals surface area contributed by atoms with E-state index in [1.807, 2.05) is 25.1 Å². The van der Waals surface area contributed by atoms with Gasteiger partial charge in [0.25, 0.3) is 5.56 Å². The Morgan fingerprint density at radius 2 is 1.93 bits per heavy atom. The first-order valence-corrected chi connectivity index (χ1v) is 8.93. The molecule has 0 spiro atoms. The van der Waals surface area contributed by atoms with E-state index in [1.165, 1.54) is 18.3 Å². The first-order valence-electron chi connectivity index (χ1n) is 8.93. The smallest absolute Gasteiger partial charge is 0.330 e. The Bertz CT molecular complexity index is 1290. The van der Waals surface area contributed by atoms with Crippen LogP contribution in [0.4, 0.5) is 10.3 Å². The molecule has 0 saturated heterocycles. The summed E-state index contributed by atoms with van der Waals surface area (Å²) >= 11 is 0. The molecule has 4 aromatic rings. The van der Waals surface area contributed by atoms with E-state index in [9.17, 15) is 14.0 Å². The van der Waals surface area contributed by atoms with Crippen LogP contribution in [-0.2, 0) is 6.54 Å². The monoisotopic (exact) mass is 392 g/mol. The molecule has 0 aliphatic rings. The van der Waals surface area contributed by atoms with Crippen molar-refractivity contribution in [1.82, 2.24) is 24.5 Å². The second-order valence-electron chi connectivity index (χ2n) is 6.49. The van der Waals surface area contributed by atoms with Gasteiger partial charge in [0.05, 0.1) is 18.3 Å². The van der Waals surface area contributed by atoms with Gasteiger partial charge < -0.3 is 5.32 Å². The van der Waals surface area contributed by atoms with E-state index < -0.39 is 17.1 Å². The fourth-order valence-electron chi connectivity index (χ4n) is 2.95. The zero-order chi connectivity index (χ0) is 20.4. The maximum atomic E-state index is 13.9. The summed E-state index contributed by atoms with van der Waals surface area (Å²) in [6.07, 6.45) is 3.02. The van der Waals surface area contributed by atoms with Gasteiger partial charge in [-0.2, -0.15) is 4.98 Å². The molecule has 3 heterocycles.